The van der Waals surface area contributed by atoms with Crippen molar-refractivity contribution in [3.63, 3.8) is 0 Å². The monoisotopic (exact) mass is 393 g/mol. The Labute approximate surface area is 176 Å². The van der Waals surface area contributed by atoms with Crippen LogP contribution < -0.4 is 5.32 Å². The van der Waals surface area contributed by atoms with Crippen molar-refractivity contribution in [1.82, 2.24) is 9.47 Å². The van der Waals surface area contributed by atoms with E-state index in [0.717, 1.165) is 33.8 Å². The minimum absolute atomic E-state index is 0.109. The summed E-state index contributed by atoms with van der Waals surface area (Å²) >= 11 is 0. The van der Waals surface area contributed by atoms with E-state index in [-0.39, 0.29) is 12.1 Å². The van der Waals surface area contributed by atoms with Gasteiger partial charge in [-0.15, -0.1) is 0 Å². The average molecular weight is 393 g/mol. The number of carbonyl (C=O) groups is 1. The molecule has 30 heavy (non-hydrogen) atoms. The predicted octanol–water partition coefficient (Wildman–Crippen LogP) is 5.92. The highest BCUT2D eigenvalue weighted by atomic mass is 16.2. The fourth-order valence-electron chi connectivity index (χ4n) is 4.23. The highest BCUT2D eigenvalue weighted by Crippen LogP contribution is 2.36. The molecule has 0 aliphatic carbocycles. The molecular weight excluding hydrogens is 370 g/mol. The van der Waals surface area contributed by atoms with Gasteiger partial charge in [0.05, 0.1) is 18.3 Å². The van der Waals surface area contributed by atoms with Crippen molar-refractivity contribution in [3.8, 4) is 5.69 Å². The van der Waals surface area contributed by atoms with Gasteiger partial charge in [-0.2, -0.15) is 0 Å². The third-order valence-corrected chi connectivity index (χ3v) is 5.73. The molecule has 0 bridgehead atoms. The van der Waals surface area contributed by atoms with Gasteiger partial charge in [0.2, 0.25) is 0 Å². The van der Waals surface area contributed by atoms with Crippen LogP contribution in [0.5, 0.6) is 0 Å². The molecule has 0 spiro atoms. The van der Waals surface area contributed by atoms with Gasteiger partial charge in [-0.3, -0.25) is 0 Å². The largest absolute Gasteiger partial charge is 0.322 e. The van der Waals surface area contributed by atoms with Crippen molar-refractivity contribution in [2.24, 2.45) is 0 Å². The fraction of sp³-hybridized carbons (Fsp3) is 0.115. The van der Waals surface area contributed by atoms with Crippen LogP contribution in [-0.2, 0) is 6.54 Å². The van der Waals surface area contributed by atoms with E-state index in [9.17, 15) is 4.79 Å². The summed E-state index contributed by atoms with van der Waals surface area (Å²) in [7, 11) is 0. The number of carbonyl (C=O) groups excluding carboxylic acids is 1. The molecule has 1 aromatic heterocycles. The Kier molecular flexibility index (Phi) is 4.60. The van der Waals surface area contributed by atoms with Crippen molar-refractivity contribution in [2.75, 3.05) is 5.32 Å². The van der Waals surface area contributed by atoms with E-state index >= 15 is 0 Å². The molecule has 1 atom stereocenters. The first-order valence-electron chi connectivity index (χ1n) is 10.2. The molecule has 3 aromatic carbocycles. The molecule has 4 heteroatoms. The molecule has 1 aliphatic heterocycles. The lowest BCUT2D eigenvalue weighted by molar-refractivity contribution is 0.194. The molecule has 5 rings (SSSR count). The molecular formula is C26H23N3O. The van der Waals surface area contributed by atoms with Gasteiger partial charge in [-0.1, -0.05) is 66.7 Å². The highest BCUT2D eigenvalue weighted by Gasteiger charge is 2.32. The average Bonchev–Trinajstić information content (AvgIpc) is 3.20. The van der Waals surface area contributed by atoms with Crippen molar-refractivity contribution >= 4 is 11.7 Å². The first kappa shape index (κ1) is 18.3. The van der Waals surface area contributed by atoms with E-state index in [2.05, 4.69) is 46.4 Å². The first-order valence-corrected chi connectivity index (χ1v) is 10.2. The second-order valence-corrected chi connectivity index (χ2v) is 7.62. The lowest BCUT2D eigenvalue weighted by atomic mass is 10.0. The van der Waals surface area contributed by atoms with Crippen molar-refractivity contribution in [1.29, 1.82) is 0 Å². The van der Waals surface area contributed by atoms with Gasteiger partial charge in [0.1, 0.15) is 0 Å². The number of hydrogen-bond acceptors (Lipinski definition) is 1. The van der Waals surface area contributed by atoms with Crippen molar-refractivity contribution in [3.05, 3.63) is 120 Å². The molecule has 0 unspecified atom stereocenters. The van der Waals surface area contributed by atoms with E-state index in [4.69, 9.17) is 0 Å². The molecule has 2 amide bonds. The van der Waals surface area contributed by atoms with Gasteiger partial charge in [0.25, 0.3) is 0 Å². The highest BCUT2D eigenvalue weighted by molar-refractivity contribution is 5.91. The van der Waals surface area contributed by atoms with Gasteiger partial charge in [-0.05, 0) is 47.9 Å². The number of nitrogens with zero attached hydrogens (tertiary/aromatic N) is 2. The standard InChI is InChI=1S/C26H23N3O/c1-19-10-5-7-14-22(19)27-26(30)29-18-21-13-6-8-15-23(21)28-17-9-16-24(28)25(29)20-11-3-2-4-12-20/h2-17,25H,18H2,1H3,(H,27,30)/t25-/m1/s1. The van der Waals surface area contributed by atoms with E-state index in [1.807, 2.05) is 72.5 Å². The Balaban J connectivity index is 1.64. The summed E-state index contributed by atoms with van der Waals surface area (Å²) in [5.41, 5.74) is 6.28. The molecule has 0 radical (unpaired) electrons. The third-order valence-electron chi connectivity index (χ3n) is 5.73. The number of nitrogens with one attached hydrogen (secondary N) is 1. The molecule has 4 nitrogen and oxygen atoms in total. The van der Waals surface area contributed by atoms with Crippen LogP contribution in [0.15, 0.2) is 97.2 Å². The van der Waals surface area contributed by atoms with Crippen LogP contribution >= 0.6 is 0 Å². The topological polar surface area (TPSA) is 37.3 Å². The number of rotatable bonds is 2. The van der Waals surface area contributed by atoms with E-state index in [0.29, 0.717) is 6.54 Å². The van der Waals surface area contributed by atoms with Gasteiger partial charge < -0.3 is 14.8 Å². The van der Waals surface area contributed by atoms with E-state index in [1.54, 1.807) is 0 Å². The third kappa shape index (κ3) is 3.16. The number of benzene rings is 3. The van der Waals surface area contributed by atoms with Crippen LogP contribution in [0, 0.1) is 6.92 Å². The maximum Gasteiger partial charge on any atom is 0.322 e. The summed E-state index contributed by atoms with van der Waals surface area (Å²) in [5, 5.41) is 3.14. The van der Waals surface area contributed by atoms with Gasteiger partial charge in [-0.25, -0.2) is 4.79 Å². The number of para-hydroxylation sites is 2. The quantitative estimate of drug-likeness (QED) is 0.451. The molecule has 4 aromatic rings. The number of hydrogen-bond donors (Lipinski definition) is 1. The SMILES string of the molecule is Cc1ccccc1NC(=O)N1Cc2ccccc2-n2cccc2[C@H]1c1ccccc1. The minimum atomic E-state index is -0.197. The van der Waals surface area contributed by atoms with E-state index < -0.39 is 0 Å². The van der Waals surface area contributed by atoms with E-state index in [1.165, 1.54) is 0 Å². The van der Waals surface area contributed by atoms with Crippen LogP contribution in [0.25, 0.3) is 5.69 Å². The predicted molar refractivity (Wildman–Crippen MR) is 120 cm³/mol. The molecule has 1 aliphatic rings. The second-order valence-electron chi connectivity index (χ2n) is 7.62. The molecule has 0 fully saturated rings. The molecule has 2 heterocycles. The maximum atomic E-state index is 13.6. The normalized spacial score (nSPS) is 15.1. The lowest BCUT2D eigenvalue weighted by Crippen LogP contribution is -2.38. The Morgan fingerprint density at radius 3 is 2.43 bits per heavy atom. The van der Waals surface area contributed by atoms with Crippen molar-refractivity contribution in [2.45, 2.75) is 19.5 Å². The molecule has 0 saturated carbocycles. The van der Waals surface area contributed by atoms with Gasteiger partial charge in [0, 0.05) is 17.6 Å². The van der Waals surface area contributed by atoms with Crippen LogP contribution in [0.3, 0.4) is 0 Å². The summed E-state index contributed by atoms with van der Waals surface area (Å²) in [5.74, 6) is 0. The Bertz CT molecular complexity index is 1200. The zero-order valence-electron chi connectivity index (χ0n) is 16.8. The number of aryl methyl sites for hydroxylation is 1. The minimum Gasteiger partial charge on any atom is -0.318 e. The smallest absolute Gasteiger partial charge is 0.318 e. The van der Waals surface area contributed by atoms with Gasteiger partial charge in [0.15, 0.2) is 0 Å². The number of urea groups is 1. The molecule has 1 N–H and O–H groups in total. The van der Waals surface area contributed by atoms with Crippen molar-refractivity contribution < 1.29 is 4.79 Å². The Morgan fingerprint density at radius 1 is 0.867 bits per heavy atom. The summed E-state index contributed by atoms with van der Waals surface area (Å²) in [6.07, 6.45) is 2.08. The summed E-state index contributed by atoms with van der Waals surface area (Å²) < 4.78 is 2.20. The zero-order chi connectivity index (χ0) is 20.5. The van der Waals surface area contributed by atoms with Crippen LogP contribution in [0.2, 0.25) is 0 Å². The Hall–Kier alpha value is -3.79. The molecule has 0 saturated heterocycles. The molecule has 148 valence electrons. The number of anilines is 1. The van der Waals surface area contributed by atoms with Crippen LogP contribution in [0.4, 0.5) is 10.5 Å². The van der Waals surface area contributed by atoms with Crippen LogP contribution in [0.1, 0.15) is 28.4 Å². The lowest BCUT2D eigenvalue weighted by Gasteiger charge is -2.31. The maximum absolute atomic E-state index is 13.6. The fourth-order valence-corrected chi connectivity index (χ4v) is 4.23. The summed E-state index contributed by atoms with van der Waals surface area (Å²) in [6, 6.07) is 30.2. The zero-order valence-corrected chi connectivity index (χ0v) is 16.8. The second kappa shape index (κ2) is 7.56. The number of amides is 2. The number of aromatic nitrogens is 1. The summed E-state index contributed by atoms with van der Waals surface area (Å²) in [4.78, 5) is 15.5. The first-order chi connectivity index (χ1) is 14.7. The number of fused-ring (bicyclic) bond motifs is 3. The van der Waals surface area contributed by atoms with Crippen LogP contribution in [-0.4, -0.2) is 15.5 Å². The van der Waals surface area contributed by atoms with Gasteiger partial charge >= 0.3 is 6.03 Å². The summed E-state index contributed by atoms with van der Waals surface area (Å²) in [6.45, 7) is 2.53. The Morgan fingerprint density at radius 2 is 1.60 bits per heavy atom.